The van der Waals surface area contributed by atoms with Crippen molar-refractivity contribution < 1.29 is 0 Å². The zero-order valence-corrected chi connectivity index (χ0v) is 19.8. The number of thiocarbonyl (C=S) groups is 1. The summed E-state index contributed by atoms with van der Waals surface area (Å²) in [6.45, 7) is 15.9. The Morgan fingerprint density at radius 3 is 2.19 bits per heavy atom. The second-order valence-corrected chi connectivity index (χ2v) is 9.50. The van der Waals surface area contributed by atoms with Gasteiger partial charge in [0.1, 0.15) is 0 Å². The first kappa shape index (κ1) is 23.8. The van der Waals surface area contributed by atoms with Crippen molar-refractivity contribution in [2.75, 3.05) is 0 Å². The molecule has 1 aliphatic carbocycles. The van der Waals surface area contributed by atoms with Crippen LogP contribution in [0.25, 0.3) is 5.57 Å². The minimum Gasteiger partial charge on any atom is -0.111 e. The van der Waals surface area contributed by atoms with Gasteiger partial charge in [-0.2, -0.15) is 0 Å². The van der Waals surface area contributed by atoms with Gasteiger partial charge in [0.25, 0.3) is 0 Å². The maximum atomic E-state index is 5.20. The minimum atomic E-state index is 0.927. The second kappa shape index (κ2) is 12.3. The number of benzene rings is 1. The lowest BCUT2D eigenvalue weighted by Crippen LogP contribution is -1.88. The molecule has 0 heterocycles. The van der Waals surface area contributed by atoms with Crippen LogP contribution in [-0.4, -0.2) is 4.20 Å². The third-order valence-electron chi connectivity index (χ3n) is 4.07. The second-order valence-electron chi connectivity index (χ2n) is 6.56. The number of hydrogen-bond acceptors (Lipinski definition) is 2. The fourth-order valence-electron chi connectivity index (χ4n) is 2.36. The number of rotatable bonds is 6. The van der Waals surface area contributed by atoms with Gasteiger partial charge < -0.3 is 0 Å². The normalized spacial score (nSPS) is 13.3. The van der Waals surface area contributed by atoms with E-state index in [9.17, 15) is 0 Å². The van der Waals surface area contributed by atoms with E-state index < -0.39 is 0 Å². The molecule has 144 valence electrons. The van der Waals surface area contributed by atoms with Gasteiger partial charge in [0.05, 0.1) is 0 Å². The molecule has 1 aromatic rings. The van der Waals surface area contributed by atoms with Crippen molar-refractivity contribution in [1.82, 2.24) is 0 Å². The summed E-state index contributed by atoms with van der Waals surface area (Å²) in [5.41, 5.74) is 6.45. The number of hydrogen-bond donors (Lipinski definition) is 0. The summed E-state index contributed by atoms with van der Waals surface area (Å²) >= 11 is 6.83. The molecule has 0 aromatic heterocycles. The van der Waals surface area contributed by atoms with Crippen LogP contribution in [0, 0.1) is 0 Å². The Balaban J connectivity index is 0.000000646. The van der Waals surface area contributed by atoms with Crippen LogP contribution in [0.3, 0.4) is 0 Å². The lowest BCUT2D eigenvalue weighted by atomic mass is 10.0. The van der Waals surface area contributed by atoms with E-state index in [4.69, 9.17) is 12.2 Å². The van der Waals surface area contributed by atoms with Crippen LogP contribution >= 0.6 is 33.2 Å². The van der Waals surface area contributed by atoms with Crippen molar-refractivity contribution in [3.63, 3.8) is 0 Å². The fourth-order valence-corrected chi connectivity index (χ4v) is 3.32. The molecule has 27 heavy (non-hydrogen) atoms. The van der Waals surface area contributed by atoms with Gasteiger partial charge in [0.15, 0.2) is 0 Å². The molecule has 0 nitrogen and oxygen atoms in total. The quantitative estimate of drug-likeness (QED) is 0.261. The van der Waals surface area contributed by atoms with E-state index in [-0.39, 0.29) is 0 Å². The summed E-state index contributed by atoms with van der Waals surface area (Å²) < 4.78 is 0.927. The van der Waals surface area contributed by atoms with Crippen LogP contribution in [0.1, 0.15) is 51.7 Å². The third-order valence-corrected chi connectivity index (χ3v) is 5.70. The first-order valence-corrected chi connectivity index (χ1v) is 11.0. The summed E-state index contributed by atoms with van der Waals surface area (Å²) in [5.74, 6) is 0. The van der Waals surface area contributed by atoms with Crippen LogP contribution in [0.15, 0.2) is 77.0 Å². The van der Waals surface area contributed by atoms with E-state index in [0.717, 1.165) is 33.9 Å². The highest BCUT2D eigenvalue weighted by Gasteiger charge is 2.11. The van der Waals surface area contributed by atoms with Crippen molar-refractivity contribution in [3.8, 4) is 0 Å². The lowest BCUT2D eigenvalue weighted by Gasteiger charge is -2.08. The summed E-state index contributed by atoms with van der Waals surface area (Å²) in [5, 5.41) is 1.17. The molecule has 0 amide bonds. The van der Waals surface area contributed by atoms with E-state index in [1.165, 1.54) is 27.6 Å². The highest BCUT2D eigenvalue weighted by atomic mass is 32.2. The molecule has 1 aromatic carbocycles. The zero-order valence-electron chi connectivity index (χ0n) is 17.0. The zero-order chi connectivity index (χ0) is 20.4. The Hall–Kier alpha value is -1.21. The Labute approximate surface area is 177 Å². The molecule has 0 saturated heterocycles. The van der Waals surface area contributed by atoms with Crippen molar-refractivity contribution in [2.24, 2.45) is 0 Å². The van der Waals surface area contributed by atoms with Crippen LogP contribution in [0.5, 0.6) is 0 Å². The van der Waals surface area contributed by atoms with Gasteiger partial charge in [-0.05, 0) is 67.0 Å². The van der Waals surface area contributed by atoms with E-state index in [1.54, 1.807) is 11.8 Å². The molecular formula is C24H31PS2. The maximum absolute atomic E-state index is 5.20. The Kier molecular flexibility index (Phi) is 10.8. The van der Waals surface area contributed by atoms with Crippen molar-refractivity contribution >= 4 is 43.0 Å². The van der Waals surface area contributed by atoms with Crippen molar-refractivity contribution in [2.45, 2.75) is 47.0 Å². The van der Waals surface area contributed by atoms with Gasteiger partial charge >= 0.3 is 0 Å². The molecule has 2 rings (SSSR count). The summed E-state index contributed by atoms with van der Waals surface area (Å²) in [7, 11) is 2.54. The van der Waals surface area contributed by atoms with Crippen LogP contribution in [-0.2, 0) is 6.42 Å². The highest BCUT2D eigenvalue weighted by molar-refractivity contribution is 8.25. The lowest BCUT2D eigenvalue weighted by molar-refractivity contribution is 1.14. The average molecular weight is 415 g/mol. The third kappa shape index (κ3) is 9.02. The average Bonchev–Trinajstić information content (AvgIpc) is 3.10. The largest absolute Gasteiger partial charge is 0.111 e. The number of aryl methyl sites for hydroxylation is 1. The molecule has 3 heteroatoms. The molecule has 0 spiro atoms. The van der Waals surface area contributed by atoms with Crippen LogP contribution in [0.4, 0.5) is 0 Å². The Bertz CT molecular complexity index is 777. The summed E-state index contributed by atoms with van der Waals surface area (Å²) in [4.78, 5) is 1.16. The van der Waals surface area contributed by atoms with E-state index >= 15 is 0 Å². The maximum Gasteiger partial charge on any atom is 0.0496 e. The molecule has 1 atom stereocenters. The molecule has 1 aliphatic rings. The van der Waals surface area contributed by atoms with Crippen LogP contribution in [0.2, 0.25) is 0 Å². The Morgan fingerprint density at radius 1 is 1.15 bits per heavy atom. The van der Waals surface area contributed by atoms with Gasteiger partial charge in [-0.1, -0.05) is 92.7 Å². The van der Waals surface area contributed by atoms with E-state index in [1.807, 2.05) is 13.8 Å². The Morgan fingerprint density at radius 2 is 1.74 bits per heavy atom. The summed E-state index contributed by atoms with van der Waals surface area (Å²) in [6, 6.07) is 8.88. The first-order chi connectivity index (χ1) is 12.8. The SMILES string of the molecule is C=C(C)/C(=C\C1=CC=C(c2ccc(CC)cc2)C1)SC(C)=S.C=C(P)CC. The van der Waals surface area contributed by atoms with E-state index in [0.29, 0.717) is 0 Å². The first-order valence-electron chi connectivity index (χ1n) is 9.25. The molecule has 0 bridgehead atoms. The van der Waals surface area contributed by atoms with Gasteiger partial charge in [-0.15, -0.1) is 9.24 Å². The molecule has 0 saturated carbocycles. The van der Waals surface area contributed by atoms with Crippen molar-refractivity contribution in [1.29, 1.82) is 0 Å². The summed E-state index contributed by atoms with van der Waals surface area (Å²) in [6.07, 6.45) is 9.77. The van der Waals surface area contributed by atoms with E-state index in [2.05, 4.69) is 78.7 Å². The standard InChI is InChI=1S/C20H22S2.C4H9P/c1-5-16-6-9-18(10-7-16)19-11-8-17(12-19)13-20(14(2)3)22-15(4)21;1-3-4(2)5/h6-11,13H,2,5,12H2,1,3-4H3;2-3,5H2,1H3/b20-13+;. The molecule has 0 fully saturated rings. The van der Waals surface area contributed by atoms with Gasteiger partial charge in [-0.3, -0.25) is 0 Å². The number of thioether (sulfide) groups is 1. The molecule has 0 radical (unpaired) electrons. The molecule has 0 aliphatic heterocycles. The van der Waals surface area contributed by atoms with Gasteiger partial charge in [0.2, 0.25) is 0 Å². The monoisotopic (exact) mass is 414 g/mol. The molecule has 0 N–H and O–H groups in total. The topological polar surface area (TPSA) is 0 Å². The van der Waals surface area contributed by atoms with Crippen LogP contribution < -0.4 is 0 Å². The smallest absolute Gasteiger partial charge is 0.0496 e. The van der Waals surface area contributed by atoms with Gasteiger partial charge in [0, 0.05) is 9.10 Å². The molecular weight excluding hydrogens is 383 g/mol. The predicted molar refractivity (Wildman–Crippen MR) is 134 cm³/mol. The predicted octanol–water partition coefficient (Wildman–Crippen LogP) is 8.29. The van der Waals surface area contributed by atoms with Gasteiger partial charge in [-0.25, -0.2) is 0 Å². The number of allylic oxidation sites excluding steroid dienone is 7. The minimum absolute atomic E-state index is 0.927. The van der Waals surface area contributed by atoms with Crippen molar-refractivity contribution in [3.05, 3.63) is 88.1 Å². The highest BCUT2D eigenvalue weighted by Crippen LogP contribution is 2.33. The molecule has 1 unspecified atom stereocenters. The fraction of sp³-hybridized carbons (Fsp3) is 0.292.